The van der Waals surface area contributed by atoms with Gasteiger partial charge in [0.2, 0.25) is 5.91 Å². The van der Waals surface area contributed by atoms with E-state index in [-0.39, 0.29) is 6.42 Å². The van der Waals surface area contributed by atoms with Gasteiger partial charge in [-0.15, -0.1) is 0 Å². The number of carboxylic acid groups (broad SMARTS) is 1. The molecule has 1 atom stereocenters. The lowest BCUT2D eigenvalue weighted by Gasteiger charge is -2.10. The maximum atomic E-state index is 11.6. The highest BCUT2D eigenvalue weighted by Crippen LogP contribution is 2.15. The third-order valence-corrected chi connectivity index (χ3v) is 2.66. The number of hydrogen-bond acceptors (Lipinski definition) is 2. The Labute approximate surface area is 102 Å². The van der Waals surface area contributed by atoms with Crippen molar-refractivity contribution in [3.63, 3.8) is 0 Å². The molecule has 1 aromatic rings. The molecule has 0 radical (unpaired) electrons. The van der Waals surface area contributed by atoms with Crippen molar-refractivity contribution in [2.75, 3.05) is 5.32 Å². The first-order valence-electron chi connectivity index (χ1n) is 4.83. The Morgan fingerprint density at radius 2 is 1.94 bits per heavy atom. The molecule has 0 heterocycles. The summed E-state index contributed by atoms with van der Waals surface area (Å²) >= 11 is 3.27. The number of nitrogens with one attached hydrogen (secondary N) is 1. The zero-order valence-electron chi connectivity index (χ0n) is 8.74. The van der Waals surface area contributed by atoms with Crippen LogP contribution < -0.4 is 5.32 Å². The van der Waals surface area contributed by atoms with Gasteiger partial charge in [-0.1, -0.05) is 22.9 Å². The molecule has 1 aromatic carbocycles. The highest BCUT2D eigenvalue weighted by Gasteiger charge is 2.23. The number of carbonyl (C=O) groups excluding carboxylic acids is 1. The highest BCUT2D eigenvalue weighted by molar-refractivity contribution is 9.10. The Kier molecular flexibility index (Phi) is 4.49. The molecule has 16 heavy (non-hydrogen) atoms. The van der Waals surface area contributed by atoms with Crippen molar-refractivity contribution < 1.29 is 14.7 Å². The van der Waals surface area contributed by atoms with Gasteiger partial charge < -0.3 is 10.4 Å². The third kappa shape index (κ3) is 3.34. The van der Waals surface area contributed by atoms with E-state index < -0.39 is 17.8 Å². The first-order chi connectivity index (χ1) is 7.54. The van der Waals surface area contributed by atoms with Crippen LogP contribution in [0.1, 0.15) is 13.3 Å². The largest absolute Gasteiger partial charge is 0.481 e. The fourth-order valence-corrected chi connectivity index (χ4v) is 1.50. The first kappa shape index (κ1) is 12.7. The van der Waals surface area contributed by atoms with Gasteiger partial charge in [0.15, 0.2) is 0 Å². The monoisotopic (exact) mass is 285 g/mol. The molecule has 1 rings (SSSR count). The summed E-state index contributed by atoms with van der Waals surface area (Å²) in [5.41, 5.74) is 0.591. The van der Waals surface area contributed by atoms with Crippen LogP contribution >= 0.6 is 15.9 Å². The van der Waals surface area contributed by atoms with Gasteiger partial charge in [-0.05, 0) is 30.7 Å². The van der Waals surface area contributed by atoms with E-state index in [2.05, 4.69) is 21.2 Å². The van der Waals surface area contributed by atoms with Crippen molar-refractivity contribution in [2.24, 2.45) is 5.92 Å². The predicted molar refractivity (Wildman–Crippen MR) is 64.2 cm³/mol. The van der Waals surface area contributed by atoms with E-state index in [1.54, 1.807) is 31.2 Å². The van der Waals surface area contributed by atoms with Crippen LogP contribution in [0, 0.1) is 5.92 Å². The average molecular weight is 286 g/mol. The van der Waals surface area contributed by atoms with E-state index in [1.807, 2.05) is 0 Å². The number of rotatable bonds is 4. The van der Waals surface area contributed by atoms with Gasteiger partial charge in [-0.3, -0.25) is 9.59 Å². The highest BCUT2D eigenvalue weighted by atomic mass is 79.9. The molecule has 1 amide bonds. The zero-order chi connectivity index (χ0) is 12.1. The fraction of sp³-hybridized carbons (Fsp3) is 0.273. The number of benzene rings is 1. The summed E-state index contributed by atoms with van der Waals surface area (Å²) in [6.07, 6.45) is 0.275. The third-order valence-electron chi connectivity index (χ3n) is 2.13. The lowest BCUT2D eigenvalue weighted by molar-refractivity contribution is -0.145. The van der Waals surface area contributed by atoms with Gasteiger partial charge in [0.1, 0.15) is 5.92 Å². The number of halogens is 1. The number of anilines is 1. The molecule has 0 aliphatic rings. The van der Waals surface area contributed by atoms with Crippen molar-refractivity contribution in [1.82, 2.24) is 0 Å². The lowest BCUT2D eigenvalue weighted by Crippen LogP contribution is -2.28. The smallest absolute Gasteiger partial charge is 0.316 e. The molecule has 0 saturated carbocycles. The second kappa shape index (κ2) is 5.65. The summed E-state index contributed by atoms with van der Waals surface area (Å²) in [7, 11) is 0. The Bertz CT molecular complexity index is 389. The molecule has 5 heteroatoms. The van der Waals surface area contributed by atoms with Crippen LogP contribution in [0.2, 0.25) is 0 Å². The lowest BCUT2D eigenvalue weighted by atomic mass is 10.1. The molecule has 0 spiro atoms. The van der Waals surface area contributed by atoms with Crippen LogP contribution in [-0.4, -0.2) is 17.0 Å². The molecule has 1 unspecified atom stereocenters. The van der Waals surface area contributed by atoms with E-state index in [9.17, 15) is 9.59 Å². The van der Waals surface area contributed by atoms with E-state index in [0.29, 0.717) is 5.69 Å². The SMILES string of the molecule is CCC(C(=O)O)C(=O)Nc1ccc(Br)cc1. The van der Waals surface area contributed by atoms with Crippen LogP contribution in [0.15, 0.2) is 28.7 Å². The van der Waals surface area contributed by atoms with Gasteiger partial charge in [-0.25, -0.2) is 0 Å². The minimum atomic E-state index is -1.10. The minimum absolute atomic E-state index is 0.275. The molecule has 0 bridgehead atoms. The molecule has 2 N–H and O–H groups in total. The summed E-state index contributed by atoms with van der Waals surface area (Å²) in [5.74, 6) is -2.59. The number of carboxylic acids is 1. The quantitative estimate of drug-likeness (QED) is 0.836. The summed E-state index contributed by atoms with van der Waals surface area (Å²) in [6, 6.07) is 6.96. The number of amides is 1. The maximum Gasteiger partial charge on any atom is 0.316 e. The second-order valence-corrected chi connectivity index (χ2v) is 4.21. The molecule has 0 aliphatic heterocycles. The number of hydrogen-bond donors (Lipinski definition) is 2. The summed E-state index contributed by atoms with van der Waals surface area (Å²) in [5, 5.41) is 11.4. The Hall–Kier alpha value is -1.36. The predicted octanol–water partition coefficient (Wildman–Crippen LogP) is 2.50. The number of carbonyl (C=O) groups is 2. The minimum Gasteiger partial charge on any atom is -0.481 e. The van der Waals surface area contributed by atoms with Gasteiger partial charge in [0, 0.05) is 10.2 Å². The molecule has 86 valence electrons. The van der Waals surface area contributed by atoms with E-state index >= 15 is 0 Å². The molecule has 0 aromatic heterocycles. The van der Waals surface area contributed by atoms with E-state index in [0.717, 1.165) is 4.47 Å². The van der Waals surface area contributed by atoms with Crippen molar-refractivity contribution >= 4 is 33.5 Å². The molecular formula is C11H12BrNO3. The Morgan fingerprint density at radius 1 is 1.38 bits per heavy atom. The summed E-state index contributed by atoms with van der Waals surface area (Å²) in [4.78, 5) is 22.3. The zero-order valence-corrected chi connectivity index (χ0v) is 10.3. The van der Waals surface area contributed by atoms with Gasteiger partial charge in [0.05, 0.1) is 0 Å². The fourth-order valence-electron chi connectivity index (χ4n) is 1.23. The maximum absolute atomic E-state index is 11.6. The van der Waals surface area contributed by atoms with Gasteiger partial charge >= 0.3 is 5.97 Å². The topological polar surface area (TPSA) is 66.4 Å². The van der Waals surface area contributed by atoms with Crippen LogP contribution in [0.5, 0.6) is 0 Å². The van der Waals surface area contributed by atoms with E-state index in [1.165, 1.54) is 0 Å². The molecule has 0 fully saturated rings. The summed E-state index contributed by atoms with van der Waals surface area (Å²) < 4.78 is 0.899. The van der Waals surface area contributed by atoms with Crippen molar-refractivity contribution in [2.45, 2.75) is 13.3 Å². The van der Waals surface area contributed by atoms with E-state index in [4.69, 9.17) is 5.11 Å². The molecule has 0 aliphatic carbocycles. The Morgan fingerprint density at radius 3 is 2.38 bits per heavy atom. The van der Waals surface area contributed by atoms with Crippen LogP contribution in [-0.2, 0) is 9.59 Å². The van der Waals surface area contributed by atoms with Crippen LogP contribution in [0.4, 0.5) is 5.69 Å². The molecular weight excluding hydrogens is 274 g/mol. The van der Waals surface area contributed by atoms with Gasteiger partial charge in [0.25, 0.3) is 0 Å². The molecule has 4 nitrogen and oxygen atoms in total. The Balaban J connectivity index is 2.70. The second-order valence-electron chi connectivity index (χ2n) is 3.30. The number of aliphatic carboxylic acids is 1. The average Bonchev–Trinajstić information content (AvgIpc) is 2.22. The molecule has 0 saturated heterocycles. The normalized spacial score (nSPS) is 11.9. The van der Waals surface area contributed by atoms with Crippen LogP contribution in [0.3, 0.4) is 0 Å². The van der Waals surface area contributed by atoms with Crippen molar-refractivity contribution in [3.05, 3.63) is 28.7 Å². The summed E-state index contributed by atoms with van der Waals surface area (Å²) in [6.45, 7) is 1.67. The van der Waals surface area contributed by atoms with Crippen LogP contribution in [0.25, 0.3) is 0 Å². The van der Waals surface area contributed by atoms with Crippen molar-refractivity contribution in [3.8, 4) is 0 Å². The van der Waals surface area contributed by atoms with Gasteiger partial charge in [-0.2, -0.15) is 0 Å². The standard InChI is InChI=1S/C11H12BrNO3/c1-2-9(11(15)16)10(14)13-8-5-3-7(12)4-6-8/h3-6,9H,2H2,1H3,(H,13,14)(H,15,16). The first-order valence-corrected chi connectivity index (χ1v) is 5.63. The van der Waals surface area contributed by atoms with Crippen molar-refractivity contribution in [1.29, 1.82) is 0 Å².